The van der Waals surface area contributed by atoms with Crippen LogP contribution in [-0.4, -0.2) is 33.5 Å². The van der Waals surface area contributed by atoms with Gasteiger partial charge in [0.15, 0.2) is 0 Å². The molecule has 1 aromatic heterocycles. The Morgan fingerprint density at radius 1 is 1.03 bits per heavy atom. The average molecular weight is 517 g/mol. The molecule has 4 aromatic rings. The number of rotatable bonds is 4. The first-order chi connectivity index (χ1) is 14.0. The molecule has 0 saturated heterocycles. The number of aliphatic imine (C=N–C) groups is 1. The molecule has 0 radical (unpaired) electrons. The predicted molar refractivity (Wildman–Crippen MR) is 121 cm³/mol. The van der Waals surface area contributed by atoms with Crippen LogP contribution in [0, 0.1) is 0 Å². The fourth-order valence-corrected chi connectivity index (χ4v) is 3.97. The molecule has 0 amide bonds. The van der Waals surface area contributed by atoms with E-state index >= 15 is 0 Å². The number of hydrogen-bond acceptors (Lipinski definition) is 5. The lowest BCUT2D eigenvalue weighted by Crippen LogP contribution is -1.85. The van der Waals surface area contributed by atoms with Crippen LogP contribution in [0.3, 0.4) is 0 Å². The molecule has 3 aromatic carbocycles. The summed E-state index contributed by atoms with van der Waals surface area (Å²) in [6.45, 7) is 0. The molecular formula is C21H15Br2N3O3. The van der Waals surface area contributed by atoms with Gasteiger partial charge in [0, 0.05) is 17.3 Å². The number of nitrogens with zero attached hydrogens (tertiary/aromatic N) is 2. The molecule has 4 rings (SSSR count). The minimum absolute atomic E-state index is 0.0661. The van der Waals surface area contributed by atoms with E-state index in [4.69, 9.17) is 4.74 Å². The van der Waals surface area contributed by atoms with Gasteiger partial charge in [0.1, 0.15) is 27.5 Å². The largest absolute Gasteiger partial charge is 0.506 e. The maximum Gasteiger partial charge on any atom is 0.147 e. The molecule has 3 N–H and O–H groups in total. The molecule has 8 heteroatoms. The normalized spacial score (nSPS) is 11.4. The fraction of sp³-hybridized carbons (Fsp3) is 0.0476. The zero-order valence-electron chi connectivity index (χ0n) is 15.1. The lowest BCUT2D eigenvalue weighted by molar-refractivity contribution is 0.415. The third-order valence-electron chi connectivity index (χ3n) is 4.38. The summed E-state index contributed by atoms with van der Waals surface area (Å²) in [7, 11) is 1.63. The van der Waals surface area contributed by atoms with Crippen LogP contribution in [0.1, 0.15) is 5.56 Å². The quantitative estimate of drug-likeness (QED) is 0.293. The van der Waals surface area contributed by atoms with Crippen molar-refractivity contribution in [3.05, 3.63) is 63.0 Å². The van der Waals surface area contributed by atoms with Crippen molar-refractivity contribution in [3.63, 3.8) is 0 Å². The molecule has 0 fully saturated rings. The summed E-state index contributed by atoms with van der Waals surface area (Å²) in [5, 5.41) is 20.0. The van der Waals surface area contributed by atoms with Crippen molar-refractivity contribution in [3.8, 4) is 28.6 Å². The van der Waals surface area contributed by atoms with Gasteiger partial charge in [-0.3, -0.25) is 4.99 Å². The summed E-state index contributed by atoms with van der Waals surface area (Å²) >= 11 is 6.41. The number of phenols is 2. The van der Waals surface area contributed by atoms with Gasteiger partial charge in [-0.25, -0.2) is 4.98 Å². The SMILES string of the molecule is COc1ccc(-c2nc3cc(/N=C/c4cc(Br)c(O)c(Br)c4O)ccc3[nH]2)cc1. The molecule has 1 heterocycles. The second-order valence-corrected chi connectivity index (χ2v) is 7.88. The molecule has 0 aliphatic rings. The molecule has 0 saturated carbocycles. The minimum atomic E-state index is -0.0860. The van der Waals surface area contributed by atoms with E-state index in [-0.39, 0.29) is 16.0 Å². The minimum Gasteiger partial charge on any atom is -0.506 e. The van der Waals surface area contributed by atoms with Crippen LogP contribution in [0.5, 0.6) is 17.2 Å². The molecule has 0 unspecified atom stereocenters. The van der Waals surface area contributed by atoms with Gasteiger partial charge in [0.05, 0.1) is 28.3 Å². The van der Waals surface area contributed by atoms with Crippen molar-refractivity contribution in [1.29, 1.82) is 0 Å². The lowest BCUT2D eigenvalue weighted by atomic mass is 10.2. The van der Waals surface area contributed by atoms with Crippen LogP contribution in [0.2, 0.25) is 0 Å². The standard InChI is InChI=1S/C21H15Br2N3O3/c1-29-14-5-2-11(3-6-14)21-25-16-7-4-13(9-17(16)26-21)24-10-12-8-15(22)20(28)18(23)19(12)27/h2-10,27-28H,1H3,(H,25,26)/b24-10+. The van der Waals surface area contributed by atoms with E-state index in [2.05, 4.69) is 46.8 Å². The number of benzene rings is 3. The van der Waals surface area contributed by atoms with E-state index in [1.165, 1.54) is 6.21 Å². The van der Waals surface area contributed by atoms with E-state index < -0.39 is 0 Å². The monoisotopic (exact) mass is 515 g/mol. The molecule has 0 spiro atoms. The second-order valence-electron chi connectivity index (χ2n) is 6.23. The zero-order chi connectivity index (χ0) is 20.5. The van der Waals surface area contributed by atoms with E-state index in [9.17, 15) is 10.2 Å². The second kappa shape index (κ2) is 7.88. The fourth-order valence-electron chi connectivity index (χ4n) is 2.82. The number of aromatic hydroxyl groups is 2. The van der Waals surface area contributed by atoms with Gasteiger partial charge in [0.25, 0.3) is 0 Å². The van der Waals surface area contributed by atoms with E-state index in [1.807, 2.05) is 42.5 Å². The van der Waals surface area contributed by atoms with Gasteiger partial charge in [-0.15, -0.1) is 0 Å². The molecule has 146 valence electrons. The highest BCUT2D eigenvalue weighted by molar-refractivity contribution is 9.11. The van der Waals surface area contributed by atoms with Crippen LogP contribution in [0.4, 0.5) is 5.69 Å². The maximum absolute atomic E-state index is 10.2. The number of nitrogens with one attached hydrogen (secondary N) is 1. The Morgan fingerprint density at radius 2 is 1.79 bits per heavy atom. The number of H-pyrrole nitrogens is 1. The summed E-state index contributed by atoms with van der Waals surface area (Å²) in [6, 6.07) is 14.9. The molecule has 0 aliphatic carbocycles. The number of phenolic OH excluding ortho intramolecular Hbond substituents is 2. The van der Waals surface area contributed by atoms with Gasteiger partial charge in [-0.1, -0.05) is 0 Å². The number of fused-ring (bicyclic) bond motifs is 1. The van der Waals surface area contributed by atoms with Gasteiger partial charge in [-0.05, 0) is 80.4 Å². The average Bonchev–Trinajstić information content (AvgIpc) is 3.17. The van der Waals surface area contributed by atoms with E-state index in [1.54, 1.807) is 13.2 Å². The Labute approximate surface area is 183 Å². The molecule has 6 nitrogen and oxygen atoms in total. The van der Waals surface area contributed by atoms with E-state index in [0.29, 0.717) is 15.7 Å². The summed E-state index contributed by atoms with van der Waals surface area (Å²) in [5.74, 6) is 1.39. The van der Waals surface area contributed by atoms with Crippen molar-refractivity contribution in [1.82, 2.24) is 9.97 Å². The number of methoxy groups -OCH3 is 1. The Morgan fingerprint density at radius 3 is 2.52 bits per heavy atom. The Balaban J connectivity index is 1.65. The first-order valence-electron chi connectivity index (χ1n) is 8.54. The van der Waals surface area contributed by atoms with Crippen molar-refractivity contribution >= 4 is 54.8 Å². The van der Waals surface area contributed by atoms with Crippen molar-refractivity contribution < 1.29 is 14.9 Å². The number of hydrogen-bond donors (Lipinski definition) is 3. The summed E-state index contributed by atoms with van der Waals surface area (Å²) in [6.07, 6.45) is 1.53. The predicted octanol–water partition coefficient (Wildman–Crippen LogP) is 5.93. The topological polar surface area (TPSA) is 90.7 Å². The molecule has 29 heavy (non-hydrogen) atoms. The van der Waals surface area contributed by atoms with Gasteiger partial charge in [-0.2, -0.15) is 0 Å². The Bertz CT molecular complexity index is 1230. The number of aromatic amines is 1. The maximum atomic E-state index is 10.2. The van der Waals surface area contributed by atoms with Gasteiger partial charge in [0.2, 0.25) is 0 Å². The highest BCUT2D eigenvalue weighted by Crippen LogP contribution is 2.40. The van der Waals surface area contributed by atoms with Crippen LogP contribution in [0.15, 0.2) is 62.5 Å². The number of halogens is 2. The first-order valence-corrected chi connectivity index (χ1v) is 10.1. The Kier molecular flexibility index (Phi) is 5.29. The van der Waals surface area contributed by atoms with E-state index in [0.717, 1.165) is 28.2 Å². The Hall–Kier alpha value is -2.84. The summed E-state index contributed by atoms with van der Waals surface area (Å²) in [5.41, 5.74) is 3.78. The molecule has 0 bridgehead atoms. The van der Waals surface area contributed by atoms with Gasteiger partial charge < -0.3 is 19.9 Å². The highest BCUT2D eigenvalue weighted by Gasteiger charge is 2.13. The lowest BCUT2D eigenvalue weighted by Gasteiger charge is -2.06. The first kappa shape index (κ1) is 19.5. The number of ether oxygens (including phenoxy) is 1. The zero-order valence-corrected chi connectivity index (χ0v) is 18.3. The highest BCUT2D eigenvalue weighted by atomic mass is 79.9. The number of imidazole rings is 1. The van der Waals surface area contributed by atoms with Crippen LogP contribution < -0.4 is 4.74 Å². The summed E-state index contributed by atoms with van der Waals surface area (Å²) < 4.78 is 5.85. The molecule has 0 atom stereocenters. The number of aromatic nitrogens is 2. The third-order valence-corrected chi connectivity index (χ3v) is 5.74. The third kappa shape index (κ3) is 3.86. The van der Waals surface area contributed by atoms with Crippen LogP contribution >= 0.6 is 31.9 Å². The molecule has 0 aliphatic heterocycles. The smallest absolute Gasteiger partial charge is 0.147 e. The van der Waals surface area contributed by atoms with Crippen molar-refractivity contribution in [2.75, 3.05) is 7.11 Å². The van der Waals surface area contributed by atoms with Crippen LogP contribution in [0.25, 0.3) is 22.4 Å². The van der Waals surface area contributed by atoms with Crippen molar-refractivity contribution in [2.45, 2.75) is 0 Å². The van der Waals surface area contributed by atoms with Crippen LogP contribution in [-0.2, 0) is 0 Å². The van der Waals surface area contributed by atoms with Crippen molar-refractivity contribution in [2.24, 2.45) is 4.99 Å². The molecular weight excluding hydrogens is 502 g/mol. The summed E-state index contributed by atoms with van der Waals surface area (Å²) in [4.78, 5) is 12.4. The van der Waals surface area contributed by atoms with Gasteiger partial charge >= 0.3 is 0 Å².